The van der Waals surface area contributed by atoms with Crippen LogP contribution in [0.25, 0.3) is 0 Å². The lowest BCUT2D eigenvalue weighted by atomic mass is 10.1. The number of carbonyl (C=O) groups excluding carboxylic acids is 1. The normalized spacial score (nSPS) is 15.6. The van der Waals surface area contributed by atoms with Crippen LogP contribution in [0.5, 0.6) is 0 Å². The zero-order valence-corrected chi connectivity index (χ0v) is 18.9. The molecule has 0 N–H and O–H groups in total. The van der Waals surface area contributed by atoms with Crippen molar-refractivity contribution in [1.29, 1.82) is 0 Å². The number of aryl methyl sites for hydroxylation is 1. The summed E-state index contributed by atoms with van der Waals surface area (Å²) in [5.74, 6) is -0.268. The Balaban J connectivity index is 1.72. The zero-order valence-electron chi connectivity index (χ0n) is 17.3. The van der Waals surface area contributed by atoms with Crippen molar-refractivity contribution in [3.8, 4) is 0 Å². The Hall–Kier alpha value is -2.83. The lowest BCUT2D eigenvalue weighted by Gasteiger charge is -2.29. The Kier molecular flexibility index (Phi) is 5.77. The van der Waals surface area contributed by atoms with E-state index in [9.17, 15) is 13.2 Å². The van der Waals surface area contributed by atoms with Crippen LogP contribution in [0, 0.1) is 6.92 Å². The molecule has 0 fully saturated rings. The molecule has 0 saturated heterocycles. The minimum absolute atomic E-state index is 0.0389. The van der Waals surface area contributed by atoms with E-state index in [1.807, 2.05) is 50.2 Å². The summed E-state index contributed by atoms with van der Waals surface area (Å²) < 4.78 is 28.2. The molecule has 160 valence electrons. The molecule has 4 rings (SSSR count). The molecule has 0 unspecified atom stereocenters. The van der Waals surface area contributed by atoms with Gasteiger partial charge >= 0.3 is 0 Å². The maximum Gasteiger partial charge on any atom is 0.264 e. The molecule has 1 aliphatic heterocycles. The quantitative estimate of drug-likeness (QED) is 0.555. The molecule has 7 heteroatoms. The van der Waals surface area contributed by atoms with Crippen LogP contribution in [-0.4, -0.2) is 26.9 Å². The van der Waals surface area contributed by atoms with Crippen molar-refractivity contribution in [1.82, 2.24) is 0 Å². The van der Waals surface area contributed by atoms with Gasteiger partial charge in [0, 0.05) is 16.8 Å². The van der Waals surface area contributed by atoms with Crippen molar-refractivity contribution in [2.45, 2.75) is 31.2 Å². The lowest BCUT2D eigenvalue weighted by Crippen LogP contribution is -2.45. The third-order valence-corrected chi connectivity index (χ3v) is 7.52. The van der Waals surface area contributed by atoms with E-state index in [0.717, 1.165) is 23.2 Å². The molecule has 0 spiro atoms. The van der Waals surface area contributed by atoms with Crippen LogP contribution in [0.15, 0.2) is 77.7 Å². The molecule has 1 aliphatic rings. The van der Waals surface area contributed by atoms with Gasteiger partial charge in [0.25, 0.3) is 10.0 Å². The smallest absolute Gasteiger partial charge is 0.264 e. The van der Waals surface area contributed by atoms with Crippen molar-refractivity contribution in [2.24, 2.45) is 0 Å². The Morgan fingerprint density at radius 2 is 1.68 bits per heavy atom. The molecule has 3 aromatic rings. The number of carbonyl (C=O) groups is 1. The molecule has 3 aromatic carbocycles. The molecule has 5 nitrogen and oxygen atoms in total. The van der Waals surface area contributed by atoms with Crippen LogP contribution in [0.1, 0.15) is 18.1 Å². The summed E-state index contributed by atoms with van der Waals surface area (Å²) in [6.07, 6.45) is 0.746. The summed E-state index contributed by atoms with van der Waals surface area (Å²) in [7, 11) is -3.98. The van der Waals surface area contributed by atoms with Gasteiger partial charge in [-0.2, -0.15) is 0 Å². The van der Waals surface area contributed by atoms with E-state index in [1.54, 1.807) is 17.0 Å². The van der Waals surface area contributed by atoms with E-state index in [0.29, 0.717) is 10.7 Å². The Morgan fingerprint density at radius 1 is 1.03 bits per heavy atom. The highest BCUT2D eigenvalue weighted by Crippen LogP contribution is 2.33. The fourth-order valence-electron chi connectivity index (χ4n) is 3.90. The van der Waals surface area contributed by atoms with E-state index in [4.69, 9.17) is 11.6 Å². The Bertz CT molecular complexity index is 1210. The minimum atomic E-state index is -3.98. The maximum absolute atomic E-state index is 13.5. The van der Waals surface area contributed by atoms with Gasteiger partial charge in [0.2, 0.25) is 5.91 Å². The molecular weight excluding hydrogens is 432 g/mol. The summed E-state index contributed by atoms with van der Waals surface area (Å²) in [5.41, 5.74) is 3.37. The molecule has 0 saturated carbocycles. The molecule has 0 aromatic heterocycles. The Labute approximate surface area is 187 Å². The first kappa shape index (κ1) is 21.4. The van der Waals surface area contributed by atoms with Gasteiger partial charge in [0.05, 0.1) is 10.6 Å². The number of sulfonamides is 1. The second kappa shape index (κ2) is 8.36. The standard InChI is InChI=1S/C24H23ClN2O3S/c1-17-7-11-21(12-8-17)26(31(29,30)22-13-9-20(25)10-14-22)16-24(28)27-18(2)15-19-5-3-4-6-23(19)27/h3-14,18H,15-16H2,1-2H3/t18-/m1/s1. The van der Waals surface area contributed by atoms with Crippen molar-refractivity contribution >= 4 is 38.9 Å². The number of hydrogen-bond donors (Lipinski definition) is 0. The average molecular weight is 455 g/mol. The lowest BCUT2D eigenvalue weighted by molar-refractivity contribution is -0.117. The number of rotatable bonds is 5. The summed E-state index contributed by atoms with van der Waals surface area (Å²) >= 11 is 5.94. The first-order valence-corrected chi connectivity index (χ1v) is 11.8. The monoisotopic (exact) mass is 454 g/mol. The van der Waals surface area contributed by atoms with Gasteiger partial charge in [0.15, 0.2) is 0 Å². The van der Waals surface area contributed by atoms with Crippen molar-refractivity contribution in [3.05, 3.63) is 88.9 Å². The van der Waals surface area contributed by atoms with E-state index >= 15 is 0 Å². The van der Waals surface area contributed by atoms with Gasteiger partial charge in [0.1, 0.15) is 6.54 Å². The SMILES string of the molecule is Cc1ccc(N(CC(=O)N2c3ccccc3C[C@H]2C)S(=O)(=O)c2ccc(Cl)cc2)cc1. The van der Waals surface area contributed by atoms with Crippen molar-refractivity contribution in [3.63, 3.8) is 0 Å². The van der Waals surface area contributed by atoms with Crippen LogP contribution in [0.2, 0.25) is 5.02 Å². The fourth-order valence-corrected chi connectivity index (χ4v) is 5.44. The van der Waals surface area contributed by atoms with Crippen LogP contribution < -0.4 is 9.21 Å². The first-order valence-electron chi connectivity index (χ1n) is 10.0. The van der Waals surface area contributed by atoms with Gasteiger partial charge in [-0.05, 0) is 68.3 Å². The van der Waals surface area contributed by atoms with Crippen LogP contribution in [-0.2, 0) is 21.2 Å². The molecule has 0 aliphatic carbocycles. The third kappa shape index (κ3) is 4.18. The first-order chi connectivity index (χ1) is 14.8. The molecule has 1 heterocycles. The van der Waals surface area contributed by atoms with Crippen molar-refractivity contribution in [2.75, 3.05) is 15.7 Å². The second-order valence-corrected chi connectivity index (χ2v) is 10.0. The number of amides is 1. The van der Waals surface area contributed by atoms with Gasteiger partial charge in [-0.1, -0.05) is 47.5 Å². The third-order valence-electron chi connectivity index (χ3n) is 5.48. The second-order valence-electron chi connectivity index (χ2n) is 7.75. The number of anilines is 2. The van der Waals surface area contributed by atoms with Crippen LogP contribution in [0.3, 0.4) is 0 Å². The predicted molar refractivity (Wildman–Crippen MR) is 124 cm³/mol. The summed E-state index contributed by atoms with van der Waals surface area (Å²) in [6, 6.07) is 20.8. The molecule has 0 bridgehead atoms. The largest absolute Gasteiger partial charge is 0.307 e. The van der Waals surface area contributed by atoms with E-state index in [-0.39, 0.29) is 23.4 Å². The highest BCUT2D eigenvalue weighted by Gasteiger charge is 2.34. The number of para-hydroxylation sites is 1. The number of benzene rings is 3. The highest BCUT2D eigenvalue weighted by atomic mass is 35.5. The Morgan fingerprint density at radius 3 is 2.35 bits per heavy atom. The van der Waals surface area contributed by atoms with Gasteiger partial charge < -0.3 is 4.90 Å². The molecule has 1 amide bonds. The van der Waals surface area contributed by atoms with Gasteiger partial charge in [-0.15, -0.1) is 0 Å². The molecule has 0 radical (unpaired) electrons. The van der Waals surface area contributed by atoms with Gasteiger partial charge in [-0.3, -0.25) is 9.10 Å². The fraction of sp³-hybridized carbons (Fsp3) is 0.208. The summed E-state index contributed by atoms with van der Waals surface area (Å²) in [4.78, 5) is 15.2. The predicted octanol–water partition coefficient (Wildman–Crippen LogP) is 4.82. The molecule has 1 atom stereocenters. The summed E-state index contributed by atoms with van der Waals surface area (Å²) in [6.45, 7) is 3.60. The number of halogens is 1. The maximum atomic E-state index is 13.5. The average Bonchev–Trinajstić information content (AvgIpc) is 3.08. The number of nitrogens with zero attached hydrogens (tertiary/aromatic N) is 2. The van der Waals surface area contributed by atoms with Crippen LogP contribution >= 0.6 is 11.6 Å². The van der Waals surface area contributed by atoms with E-state index in [2.05, 4.69) is 0 Å². The van der Waals surface area contributed by atoms with E-state index in [1.165, 1.54) is 28.6 Å². The molecular formula is C24H23ClN2O3S. The minimum Gasteiger partial charge on any atom is -0.307 e. The molecule has 31 heavy (non-hydrogen) atoms. The summed E-state index contributed by atoms with van der Waals surface area (Å²) in [5, 5.41) is 0.444. The number of hydrogen-bond acceptors (Lipinski definition) is 3. The van der Waals surface area contributed by atoms with Crippen molar-refractivity contribution < 1.29 is 13.2 Å². The van der Waals surface area contributed by atoms with Crippen LogP contribution in [0.4, 0.5) is 11.4 Å². The van der Waals surface area contributed by atoms with Gasteiger partial charge in [-0.25, -0.2) is 8.42 Å². The van der Waals surface area contributed by atoms with E-state index < -0.39 is 10.0 Å². The number of fused-ring (bicyclic) bond motifs is 1. The topological polar surface area (TPSA) is 57.7 Å². The zero-order chi connectivity index (χ0) is 22.2. The highest BCUT2D eigenvalue weighted by molar-refractivity contribution is 7.92.